The van der Waals surface area contributed by atoms with E-state index in [1.54, 1.807) is 14.0 Å². The highest BCUT2D eigenvalue weighted by Gasteiger charge is 2.64. The van der Waals surface area contributed by atoms with Crippen LogP contribution in [0.2, 0.25) is 0 Å². The van der Waals surface area contributed by atoms with Crippen LogP contribution in [0, 0.1) is 11.8 Å². The summed E-state index contributed by atoms with van der Waals surface area (Å²) in [5.74, 6) is -1.84. The standard InChI is InChI=1S/C46H60N6O15.C21H42N6O10.CH4/c1-24-19-30-37(38-33(52(3)45(57)64-38)41(60-30)65-42-34(54)32(50-51-47)25(2)31(21-53)61-42)63-40(24)62-35-28(48-43(55)58-22-26-13-7-4-8-14-26)20-29(49-44(56)59-23-27-15-9-5-10-16-27)36-39(35)67-46(66-36)17-11-6-12-18-46;1-27-12-15(31)18-8(33-20(12)37-21-14(30)11(26)10(25)9(4-28)34-21)3-7(24)19(36-18)35-17-6(23)2-5(22)13(29)16(17)32;/h4-5,7-10,13-16,24-25,28-42,53-54H,6,11-12,17-23H2,1-3H3,(H,48,55)(H,49,56);5-21,27-32H,2-4,22-26H2,1H3;1H4/t24?,25-,28?,29-,30+,31?,32+,33?,34?,35-,36?,37?,38?,39+,40+,41?,42-;5-,6?,7?,8+,9?,10-,11+,12?,13?,14?,15?,16-,17-,18?,19+,20?,21-;/m11./s1. The van der Waals surface area contributed by atoms with Gasteiger partial charge in [0.25, 0.3) is 0 Å². The first kappa shape index (κ1) is 80.6. The lowest BCUT2D eigenvalue weighted by molar-refractivity contribution is -0.372. The normalized spacial score (nSPS) is 44.0. The highest BCUT2D eigenvalue weighted by atomic mass is 16.8. The molecule has 0 bridgehead atoms. The van der Waals surface area contributed by atoms with Gasteiger partial charge in [0.05, 0.1) is 79.9 Å². The number of nitrogens with two attached hydrogens (primary N) is 5. The predicted molar refractivity (Wildman–Crippen MR) is 362 cm³/mol. The first-order chi connectivity index (χ1) is 49.9. The number of aliphatic hydroxyl groups excluding tert-OH is 7. The molecule has 37 nitrogen and oxygen atoms in total. The third kappa shape index (κ3) is 17.4. The number of nitrogens with one attached hydrogen (secondary N) is 3. The third-order valence-electron chi connectivity index (χ3n) is 22.1. The highest BCUT2D eigenvalue weighted by Crippen LogP contribution is 2.48. The molecule has 37 heteroatoms. The molecule has 2 aromatic rings. The maximum absolute atomic E-state index is 13.7. The second kappa shape index (κ2) is 35.1. The molecule has 8 heterocycles. The molecule has 3 amide bonds. The van der Waals surface area contributed by atoms with Crippen LogP contribution in [0.1, 0.15) is 90.2 Å². The van der Waals surface area contributed by atoms with Crippen LogP contribution in [0.4, 0.5) is 14.4 Å². The van der Waals surface area contributed by atoms with Crippen LogP contribution in [0.3, 0.4) is 0 Å². The molecule has 11 aliphatic rings. The lowest BCUT2D eigenvalue weighted by Gasteiger charge is -2.51. The molecule has 34 atom stereocenters. The van der Waals surface area contributed by atoms with Gasteiger partial charge in [0.2, 0.25) is 0 Å². The van der Waals surface area contributed by atoms with Crippen molar-refractivity contribution in [3.05, 3.63) is 82.2 Å². The van der Waals surface area contributed by atoms with Gasteiger partial charge in [0.15, 0.2) is 49.6 Å². The number of rotatable bonds is 18. The number of azide groups is 1. The molecule has 2 aromatic carbocycles. The summed E-state index contributed by atoms with van der Waals surface area (Å²) in [6.45, 7) is 2.82. The highest BCUT2D eigenvalue weighted by molar-refractivity contribution is 5.71. The smallest absolute Gasteiger partial charge is 0.410 e. The summed E-state index contributed by atoms with van der Waals surface area (Å²) in [6.07, 6.45) is -19.7. The number of ether oxygens (including phenoxy) is 15. The minimum Gasteiger partial charge on any atom is -0.445 e. The Morgan fingerprint density at radius 3 is 1.82 bits per heavy atom. The van der Waals surface area contributed by atoms with Gasteiger partial charge in [-0.05, 0) is 68.1 Å². The van der Waals surface area contributed by atoms with Crippen LogP contribution in [-0.4, -0.2) is 288 Å². The zero-order valence-corrected chi connectivity index (χ0v) is 58.3. The van der Waals surface area contributed by atoms with Gasteiger partial charge >= 0.3 is 18.3 Å². The number of likely N-dealkylation sites (N-methyl/N-ethyl adjacent to an activating group) is 2. The molecular weight excluding hydrogens is 1380 g/mol. The van der Waals surface area contributed by atoms with E-state index in [1.165, 1.54) is 11.9 Å². The summed E-state index contributed by atoms with van der Waals surface area (Å²) in [5, 5.41) is 85.8. The first-order valence-corrected chi connectivity index (χ1v) is 35.8. The number of carbonyl (C=O) groups excluding carboxylic acids is 3. The number of aliphatic hydroxyl groups is 7. The van der Waals surface area contributed by atoms with Gasteiger partial charge in [-0.3, -0.25) is 4.90 Å². The lowest BCUT2D eigenvalue weighted by Crippen LogP contribution is -2.70. The minimum atomic E-state index is -1.42. The van der Waals surface area contributed by atoms with E-state index in [1.807, 2.05) is 67.6 Å². The zero-order chi connectivity index (χ0) is 74.0. The molecule has 105 heavy (non-hydrogen) atoms. The van der Waals surface area contributed by atoms with Crippen molar-refractivity contribution in [1.29, 1.82) is 0 Å². The Morgan fingerprint density at radius 1 is 0.600 bits per heavy atom. The van der Waals surface area contributed by atoms with Gasteiger partial charge in [-0.1, -0.05) is 93.5 Å². The Balaban J connectivity index is 0.000000246. The maximum Gasteiger partial charge on any atom is 0.410 e. The van der Waals surface area contributed by atoms with Gasteiger partial charge in [0, 0.05) is 42.8 Å². The van der Waals surface area contributed by atoms with E-state index in [0.29, 0.717) is 19.3 Å². The summed E-state index contributed by atoms with van der Waals surface area (Å²) in [6, 6.07) is 10.6. The van der Waals surface area contributed by atoms with Crippen molar-refractivity contribution in [3.63, 3.8) is 0 Å². The van der Waals surface area contributed by atoms with E-state index in [2.05, 4.69) is 26.0 Å². The van der Waals surface area contributed by atoms with Crippen molar-refractivity contribution in [3.8, 4) is 0 Å². The molecule has 0 radical (unpaired) electrons. The Labute approximate surface area is 607 Å². The molecule has 18 unspecified atom stereocenters. The summed E-state index contributed by atoms with van der Waals surface area (Å²) in [4.78, 5) is 44.6. The summed E-state index contributed by atoms with van der Waals surface area (Å²) in [7, 11) is 3.11. The summed E-state index contributed by atoms with van der Waals surface area (Å²) < 4.78 is 93.0. The van der Waals surface area contributed by atoms with Crippen molar-refractivity contribution in [1.82, 2.24) is 20.9 Å². The van der Waals surface area contributed by atoms with Crippen molar-refractivity contribution in [2.75, 3.05) is 27.3 Å². The second-order valence-corrected chi connectivity index (χ2v) is 29.0. The fourth-order valence-electron chi connectivity index (χ4n) is 16.2. The van der Waals surface area contributed by atoms with Crippen LogP contribution in [-0.2, 0) is 84.3 Å². The Morgan fingerprint density at radius 2 is 1.18 bits per heavy atom. The van der Waals surface area contributed by atoms with Crippen molar-refractivity contribution < 1.29 is 121 Å². The monoisotopic (exact) mass is 1490 g/mol. The molecular formula is C68H106N12O25. The Kier molecular flexibility index (Phi) is 26.9. The van der Waals surface area contributed by atoms with E-state index in [0.717, 1.165) is 30.4 Å². The van der Waals surface area contributed by atoms with Gasteiger partial charge in [-0.2, -0.15) is 0 Å². The maximum atomic E-state index is 13.7. The van der Waals surface area contributed by atoms with Crippen LogP contribution in [0.15, 0.2) is 65.8 Å². The number of nitrogens with zero attached hydrogens (tertiary/aromatic N) is 4. The first-order valence-electron chi connectivity index (χ1n) is 35.8. The molecule has 0 aromatic heterocycles. The minimum absolute atomic E-state index is 0. The molecule has 3 aliphatic carbocycles. The molecule has 8 saturated heterocycles. The van der Waals surface area contributed by atoms with E-state index < -0.39 is 239 Å². The van der Waals surface area contributed by atoms with Crippen LogP contribution >= 0.6 is 0 Å². The number of alkyl carbamates (subject to hydrolysis) is 2. The SMILES string of the molecule is C.CC1C[C@@H]2OC(O[C@H]3OC(CO)[C@@H](C)[C@H](N=[N+]=[N-])C3O)C3C(OC(=O)N3C)C2O[C@@H]1O[C@@H]1C(NC(=O)OCc2ccccc2)C[C@@H](NC(=O)OCc2ccccc2)C2OC3(CCCCC3)O[C@H]21.CNC1C(O[C@H]2OC(CO)[C@@H](N)[C@H](N)C2O)O[C@H]2CC(N)[C@@H](O[C@@H]3C(N)C[C@@H](N)C(O)[C@H]3O)OC2C1O. The third-order valence-corrected chi connectivity index (χ3v) is 22.1. The number of benzene rings is 2. The van der Waals surface area contributed by atoms with Crippen molar-refractivity contribution >= 4 is 18.3 Å². The molecule has 11 fully saturated rings. The van der Waals surface area contributed by atoms with Gasteiger partial charge in [-0.15, -0.1) is 0 Å². The van der Waals surface area contributed by atoms with Gasteiger partial charge in [0.1, 0.15) is 86.4 Å². The lowest BCUT2D eigenvalue weighted by atomic mass is 9.83. The number of fused-ring (bicyclic) bond motifs is 5. The van der Waals surface area contributed by atoms with Crippen LogP contribution in [0.25, 0.3) is 10.4 Å². The average Bonchev–Trinajstić information content (AvgIpc) is 1.63. The Bertz CT molecular complexity index is 3200. The van der Waals surface area contributed by atoms with E-state index in [9.17, 15) is 55.7 Å². The molecule has 1 spiro atoms. The quantitative estimate of drug-likeness (QED) is 0.0338. The fraction of sp³-hybridized carbons (Fsp3) is 0.779. The molecule has 20 N–H and O–H groups in total. The van der Waals surface area contributed by atoms with E-state index in [4.69, 9.17) is 99.7 Å². The van der Waals surface area contributed by atoms with Gasteiger partial charge < -0.3 is 151 Å². The molecule has 13 rings (SSSR count). The number of carbonyl (C=O) groups is 3. The van der Waals surface area contributed by atoms with E-state index in [-0.39, 0.29) is 45.8 Å². The number of amides is 3. The van der Waals surface area contributed by atoms with Crippen LogP contribution in [0.5, 0.6) is 0 Å². The van der Waals surface area contributed by atoms with Crippen molar-refractivity contribution in [2.24, 2.45) is 45.6 Å². The Hall–Kier alpha value is -5.44. The summed E-state index contributed by atoms with van der Waals surface area (Å²) >= 11 is 0. The molecule has 8 aliphatic heterocycles. The number of hydrogen-bond donors (Lipinski definition) is 15. The fourth-order valence-corrected chi connectivity index (χ4v) is 16.2. The largest absolute Gasteiger partial charge is 0.445 e. The van der Waals surface area contributed by atoms with Crippen molar-refractivity contribution in [2.45, 2.75) is 294 Å². The molecule has 588 valence electrons. The second-order valence-electron chi connectivity index (χ2n) is 29.0. The topological polar surface area (TPSA) is 549 Å². The predicted octanol–water partition coefficient (Wildman–Crippen LogP) is -1.83. The van der Waals surface area contributed by atoms with E-state index >= 15 is 0 Å². The van der Waals surface area contributed by atoms with Crippen LogP contribution < -0.4 is 44.6 Å². The summed E-state index contributed by atoms with van der Waals surface area (Å²) in [5.41, 5.74) is 41.0. The average molecular weight is 1490 g/mol. The number of hydrogen-bond acceptors (Lipinski definition) is 32. The molecule has 3 saturated carbocycles. The van der Waals surface area contributed by atoms with Gasteiger partial charge in [-0.25, -0.2) is 14.4 Å². The zero-order valence-electron chi connectivity index (χ0n) is 58.3.